The summed E-state index contributed by atoms with van der Waals surface area (Å²) in [6.07, 6.45) is 7.84. The van der Waals surface area contributed by atoms with Gasteiger partial charge in [-0.2, -0.15) is 9.61 Å². The van der Waals surface area contributed by atoms with E-state index in [0.29, 0.717) is 35.4 Å². The van der Waals surface area contributed by atoms with Crippen molar-refractivity contribution in [2.75, 3.05) is 5.73 Å². The van der Waals surface area contributed by atoms with Crippen LogP contribution in [0.15, 0.2) is 30.9 Å². The molecule has 6 rings (SSSR count). The van der Waals surface area contributed by atoms with Crippen LogP contribution in [0, 0.1) is 0 Å². The van der Waals surface area contributed by atoms with Crippen molar-refractivity contribution in [2.45, 2.75) is 57.2 Å². The van der Waals surface area contributed by atoms with Gasteiger partial charge in [0.1, 0.15) is 12.1 Å². The third kappa shape index (κ3) is 3.44. The van der Waals surface area contributed by atoms with E-state index >= 15 is 0 Å². The van der Waals surface area contributed by atoms with Crippen LogP contribution in [0.4, 0.5) is 5.82 Å². The van der Waals surface area contributed by atoms with Crippen molar-refractivity contribution in [3.8, 4) is 11.1 Å². The number of hydrogen-bond acceptors (Lipinski definition) is 9. The van der Waals surface area contributed by atoms with Crippen molar-refractivity contribution in [1.82, 2.24) is 39.7 Å². The summed E-state index contributed by atoms with van der Waals surface area (Å²) in [5.74, 6) is 0.134. The van der Waals surface area contributed by atoms with E-state index in [1.54, 1.807) is 18.5 Å². The van der Waals surface area contributed by atoms with E-state index in [1.807, 2.05) is 11.0 Å². The first-order valence-corrected chi connectivity index (χ1v) is 11.9. The van der Waals surface area contributed by atoms with Crippen LogP contribution >= 0.6 is 0 Å². The topological polar surface area (TPSA) is 168 Å². The number of fused-ring (bicyclic) bond motifs is 3. The Morgan fingerprint density at radius 1 is 1.19 bits per heavy atom. The number of amides is 1. The molecule has 4 N–H and O–H groups in total. The molecule has 0 aromatic carbocycles. The number of nitrogens with two attached hydrogens (primary N) is 1. The third-order valence-electron chi connectivity index (χ3n) is 7.33. The quantitative estimate of drug-likeness (QED) is 0.355. The van der Waals surface area contributed by atoms with E-state index in [1.165, 1.54) is 17.8 Å². The lowest BCUT2D eigenvalue weighted by atomic mass is 9.85. The molecule has 2 fully saturated rings. The number of carbonyl (C=O) groups excluding carboxylic acids is 2. The maximum atomic E-state index is 13.1. The molecule has 2 saturated heterocycles. The highest BCUT2D eigenvalue weighted by Crippen LogP contribution is 2.45. The Kier molecular flexibility index (Phi) is 5.25. The number of ketones is 1. The second-order valence-corrected chi connectivity index (χ2v) is 9.41. The van der Waals surface area contributed by atoms with E-state index in [9.17, 15) is 14.7 Å². The molecular formula is C24H25N9O3. The Bertz CT molecular complexity index is 1450. The highest BCUT2D eigenvalue weighted by molar-refractivity contribution is 6.00. The first-order chi connectivity index (χ1) is 17.5. The maximum Gasteiger partial charge on any atom is 0.292 e. The minimum atomic E-state index is -0.171. The largest absolute Gasteiger partial charge is 0.390 e. The lowest BCUT2D eigenvalue weighted by Gasteiger charge is -2.38. The van der Waals surface area contributed by atoms with Crippen LogP contribution in [0.2, 0.25) is 0 Å². The molecule has 2 aliphatic heterocycles. The van der Waals surface area contributed by atoms with E-state index in [0.717, 1.165) is 24.0 Å². The second kappa shape index (κ2) is 8.48. The van der Waals surface area contributed by atoms with Crippen LogP contribution < -0.4 is 5.73 Å². The van der Waals surface area contributed by atoms with Crippen molar-refractivity contribution in [3.05, 3.63) is 53.6 Å². The number of aromatic nitrogens is 7. The lowest BCUT2D eigenvalue weighted by molar-refractivity contribution is 0.0556. The molecule has 0 unspecified atom stereocenters. The van der Waals surface area contributed by atoms with Gasteiger partial charge in [-0.25, -0.2) is 4.98 Å². The highest BCUT2D eigenvalue weighted by Gasteiger charge is 2.45. The van der Waals surface area contributed by atoms with Gasteiger partial charge in [0.25, 0.3) is 5.91 Å². The number of pyridine rings is 1. The number of rotatable bonds is 5. The molecule has 2 aliphatic rings. The fraction of sp³-hybridized carbons (Fsp3) is 0.375. The van der Waals surface area contributed by atoms with Crippen LogP contribution in [0.25, 0.3) is 16.8 Å². The van der Waals surface area contributed by atoms with Gasteiger partial charge in [0.2, 0.25) is 5.82 Å². The smallest absolute Gasteiger partial charge is 0.292 e. The molecule has 3 atom stereocenters. The number of aromatic amines is 1. The molecule has 0 saturated carbocycles. The first kappa shape index (κ1) is 22.3. The summed E-state index contributed by atoms with van der Waals surface area (Å²) < 4.78 is 1.49. The molecule has 0 aliphatic carbocycles. The van der Waals surface area contributed by atoms with Gasteiger partial charge in [-0.05, 0) is 38.7 Å². The number of hydrogen-bond donors (Lipinski definition) is 3. The van der Waals surface area contributed by atoms with E-state index < -0.39 is 0 Å². The number of carbonyl (C=O) groups is 2. The molecule has 184 valence electrons. The summed E-state index contributed by atoms with van der Waals surface area (Å²) >= 11 is 0. The second-order valence-electron chi connectivity index (χ2n) is 9.41. The number of aliphatic hydroxyl groups is 1. The molecular weight excluding hydrogens is 462 g/mol. The molecule has 0 radical (unpaired) electrons. The van der Waals surface area contributed by atoms with Crippen molar-refractivity contribution < 1.29 is 14.7 Å². The van der Waals surface area contributed by atoms with Gasteiger partial charge < -0.3 is 20.7 Å². The molecule has 12 nitrogen and oxygen atoms in total. The fourth-order valence-electron chi connectivity index (χ4n) is 5.73. The number of H-pyrrole nitrogens is 1. The number of anilines is 1. The molecule has 36 heavy (non-hydrogen) atoms. The molecule has 0 spiro atoms. The van der Waals surface area contributed by atoms with Gasteiger partial charge in [0, 0.05) is 35.3 Å². The molecule has 2 bridgehead atoms. The normalized spacial score (nSPS) is 21.3. The minimum absolute atomic E-state index is 0.0185. The van der Waals surface area contributed by atoms with Crippen LogP contribution in [0.1, 0.15) is 70.9 Å². The zero-order chi connectivity index (χ0) is 25.0. The Balaban J connectivity index is 1.40. The monoisotopic (exact) mass is 487 g/mol. The van der Waals surface area contributed by atoms with Crippen molar-refractivity contribution >= 4 is 23.2 Å². The summed E-state index contributed by atoms with van der Waals surface area (Å²) in [5, 5.41) is 21.3. The van der Waals surface area contributed by atoms with Gasteiger partial charge in [0.15, 0.2) is 11.4 Å². The molecule has 12 heteroatoms. The number of nitrogens with one attached hydrogen (secondary N) is 1. The van der Waals surface area contributed by atoms with Crippen LogP contribution in [0.5, 0.6) is 0 Å². The standard InChI is InChI=1S/C24H25N9O3/c1-12(35)19-20(14-6-16-4-5-17(7-14)32(16)24(36)22-27-11-28-31-22)30-23-18(9-29-33(23)21(19)25)13-2-3-15(10-34)26-8-13/h2-3,8-9,11,14,16-17,34H,4-7,10,25H2,1H3,(H,27,28,31)/t14-,16+,17-. The minimum Gasteiger partial charge on any atom is -0.390 e. The van der Waals surface area contributed by atoms with Crippen LogP contribution in [-0.4, -0.2) is 68.5 Å². The molecule has 4 aromatic heterocycles. The molecule has 1 amide bonds. The van der Waals surface area contributed by atoms with Gasteiger partial charge in [-0.15, -0.1) is 10.2 Å². The predicted octanol–water partition coefficient (Wildman–Crippen LogP) is 1.74. The lowest BCUT2D eigenvalue weighted by Crippen LogP contribution is -2.46. The van der Waals surface area contributed by atoms with Gasteiger partial charge in [-0.3, -0.25) is 14.6 Å². The fourth-order valence-corrected chi connectivity index (χ4v) is 5.73. The number of nitrogen functional groups attached to an aromatic ring is 1. The summed E-state index contributed by atoms with van der Waals surface area (Å²) in [6, 6.07) is 3.63. The molecule has 6 heterocycles. The van der Waals surface area contributed by atoms with Crippen LogP contribution in [0.3, 0.4) is 0 Å². The SMILES string of the molecule is CC(=O)c1c([C@H]2C[C@H]3CC[C@@H](C2)N3C(=O)c2nnc[nH]2)nc2c(-c3ccc(CO)nc3)cnn2c1N. The zero-order valence-electron chi connectivity index (χ0n) is 19.6. The number of piperidine rings is 1. The average molecular weight is 488 g/mol. The van der Waals surface area contributed by atoms with Gasteiger partial charge in [-0.1, -0.05) is 6.07 Å². The van der Waals surface area contributed by atoms with E-state index in [-0.39, 0.29) is 47.9 Å². The Labute approximate surface area is 205 Å². The zero-order valence-corrected chi connectivity index (χ0v) is 19.6. The van der Waals surface area contributed by atoms with Crippen molar-refractivity contribution in [3.63, 3.8) is 0 Å². The van der Waals surface area contributed by atoms with E-state index in [4.69, 9.17) is 10.7 Å². The van der Waals surface area contributed by atoms with Crippen molar-refractivity contribution in [1.29, 1.82) is 0 Å². The Hall–Kier alpha value is -4.19. The Morgan fingerprint density at radius 2 is 1.97 bits per heavy atom. The van der Waals surface area contributed by atoms with Crippen LogP contribution in [-0.2, 0) is 6.61 Å². The predicted molar refractivity (Wildman–Crippen MR) is 128 cm³/mol. The number of Topliss-reactive ketones (excluding diaryl/α,β-unsaturated/α-hetero) is 1. The maximum absolute atomic E-state index is 13.1. The number of nitrogens with zero attached hydrogens (tertiary/aromatic N) is 7. The molecule has 4 aromatic rings. The highest BCUT2D eigenvalue weighted by atomic mass is 16.3. The van der Waals surface area contributed by atoms with Gasteiger partial charge >= 0.3 is 0 Å². The third-order valence-corrected chi connectivity index (χ3v) is 7.33. The Morgan fingerprint density at radius 3 is 2.58 bits per heavy atom. The van der Waals surface area contributed by atoms with E-state index in [2.05, 4.69) is 25.3 Å². The summed E-state index contributed by atoms with van der Waals surface area (Å²) in [7, 11) is 0. The van der Waals surface area contributed by atoms with Gasteiger partial charge in [0.05, 0.1) is 29.8 Å². The van der Waals surface area contributed by atoms with Crippen molar-refractivity contribution in [2.24, 2.45) is 0 Å². The summed E-state index contributed by atoms with van der Waals surface area (Å²) in [5.41, 5.74) is 10.1. The summed E-state index contributed by atoms with van der Waals surface area (Å²) in [6.45, 7) is 1.34. The summed E-state index contributed by atoms with van der Waals surface area (Å²) in [4.78, 5) is 39.7. The number of aliphatic hydroxyl groups excluding tert-OH is 1. The first-order valence-electron chi connectivity index (χ1n) is 11.9. The average Bonchev–Trinajstić information content (AvgIpc) is 3.62.